The Morgan fingerprint density at radius 2 is 2.14 bits per heavy atom. The van der Waals surface area contributed by atoms with E-state index in [1.165, 1.54) is 10.4 Å². The summed E-state index contributed by atoms with van der Waals surface area (Å²) in [5, 5.41) is 11.3. The van der Waals surface area contributed by atoms with Gasteiger partial charge in [-0.3, -0.25) is 10.1 Å². The van der Waals surface area contributed by atoms with Gasteiger partial charge in [0.1, 0.15) is 0 Å². The third kappa shape index (κ3) is 3.40. The molecule has 0 bridgehead atoms. The number of halogens is 1. The predicted molar refractivity (Wildman–Crippen MR) is 83.6 cm³/mol. The molecule has 1 unspecified atom stereocenters. The fourth-order valence-corrected chi connectivity index (χ4v) is 4.81. The molecular weight excluding hydrogens is 330 g/mol. The van der Waals surface area contributed by atoms with Crippen molar-refractivity contribution in [1.29, 1.82) is 0 Å². The van der Waals surface area contributed by atoms with Gasteiger partial charge in [0.05, 0.1) is 4.92 Å². The Labute approximate surface area is 134 Å². The van der Waals surface area contributed by atoms with Crippen LogP contribution in [0.1, 0.15) is 12.8 Å². The Bertz CT molecular complexity index is 678. The zero-order chi connectivity index (χ0) is 16.5. The maximum atomic E-state index is 12.8. The van der Waals surface area contributed by atoms with E-state index >= 15 is 0 Å². The largest absolute Gasteiger partial charge is 0.308 e. The van der Waals surface area contributed by atoms with Crippen molar-refractivity contribution in [2.24, 2.45) is 0 Å². The zero-order valence-electron chi connectivity index (χ0n) is 12.4. The van der Waals surface area contributed by atoms with Gasteiger partial charge in [0.15, 0.2) is 4.90 Å². The van der Waals surface area contributed by atoms with Crippen molar-refractivity contribution in [3.63, 3.8) is 0 Å². The summed E-state index contributed by atoms with van der Waals surface area (Å²) < 4.78 is 27.0. The van der Waals surface area contributed by atoms with E-state index in [9.17, 15) is 18.5 Å². The average Bonchev–Trinajstić information content (AvgIpc) is 2.86. The number of sulfonamides is 1. The summed E-state index contributed by atoms with van der Waals surface area (Å²) in [6.07, 6.45) is 1.48. The van der Waals surface area contributed by atoms with Gasteiger partial charge >= 0.3 is 0 Å². The molecule has 7 nitrogen and oxygen atoms in total. The number of hydrogen-bond donors (Lipinski definition) is 0. The SMILES string of the molecule is CN(C)CC1CCCN1S(=O)(=O)c1cc(Cl)ccc1[N+](=O)[O-]. The predicted octanol–water partition coefficient (Wildman–Crippen LogP) is 1.96. The van der Waals surface area contributed by atoms with Crippen LogP contribution in [-0.4, -0.2) is 55.8 Å². The fourth-order valence-electron chi connectivity index (χ4n) is 2.70. The van der Waals surface area contributed by atoms with Crippen LogP contribution in [0.3, 0.4) is 0 Å². The second kappa shape index (κ2) is 6.49. The number of benzene rings is 1. The lowest BCUT2D eigenvalue weighted by atomic mass is 10.2. The van der Waals surface area contributed by atoms with Crippen LogP contribution in [0.15, 0.2) is 23.1 Å². The summed E-state index contributed by atoms with van der Waals surface area (Å²) in [5.41, 5.74) is -0.445. The van der Waals surface area contributed by atoms with E-state index in [0.717, 1.165) is 25.0 Å². The molecule has 22 heavy (non-hydrogen) atoms. The van der Waals surface area contributed by atoms with Crippen LogP contribution >= 0.6 is 11.6 Å². The summed E-state index contributed by atoms with van der Waals surface area (Å²) in [7, 11) is -0.219. The van der Waals surface area contributed by atoms with Gasteiger partial charge in [-0.15, -0.1) is 0 Å². The number of likely N-dealkylation sites (N-methyl/N-ethyl adjacent to an activating group) is 1. The van der Waals surface area contributed by atoms with E-state index in [4.69, 9.17) is 11.6 Å². The third-order valence-corrected chi connectivity index (χ3v) is 5.82. The van der Waals surface area contributed by atoms with Crippen molar-refractivity contribution < 1.29 is 13.3 Å². The maximum Gasteiger partial charge on any atom is 0.289 e. The van der Waals surface area contributed by atoms with Gasteiger partial charge in [0, 0.05) is 30.2 Å². The van der Waals surface area contributed by atoms with Gasteiger partial charge in [0.25, 0.3) is 5.69 Å². The van der Waals surface area contributed by atoms with Gasteiger partial charge in [-0.1, -0.05) is 11.6 Å². The minimum Gasteiger partial charge on any atom is -0.308 e. The lowest BCUT2D eigenvalue weighted by molar-refractivity contribution is -0.387. The highest BCUT2D eigenvalue weighted by atomic mass is 35.5. The molecule has 2 rings (SSSR count). The number of nitro benzene ring substituents is 1. The second-order valence-corrected chi connectivity index (χ2v) is 7.84. The molecule has 1 aromatic rings. The molecule has 1 aliphatic rings. The highest BCUT2D eigenvalue weighted by Gasteiger charge is 2.39. The quantitative estimate of drug-likeness (QED) is 0.600. The third-order valence-electron chi connectivity index (χ3n) is 3.60. The molecule has 0 aliphatic carbocycles. The minimum atomic E-state index is -3.95. The van der Waals surface area contributed by atoms with Gasteiger partial charge in [0.2, 0.25) is 10.0 Å². The van der Waals surface area contributed by atoms with Crippen molar-refractivity contribution in [2.75, 3.05) is 27.2 Å². The standard InChI is InChI=1S/C13H18ClN3O4S/c1-15(2)9-11-4-3-7-16(11)22(20,21)13-8-10(14)5-6-12(13)17(18)19/h5-6,8,11H,3-4,7,9H2,1-2H3. The van der Waals surface area contributed by atoms with Gasteiger partial charge in [-0.05, 0) is 39.1 Å². The summed E-state index contributed by atoms with van der Waals surface area (Å²) in [5.74, 6) is 0. The Balaban J connectivity index is 2.46. The van der Waals surface area contributed by atoms with Gasteiger partial charge in [-0.2, -0.15) is 4.31 Å². The number of hydrogen-bond acceptors (Lipinski definition) is 5. The van der Waals surface area contributed by atoms with E-state index in [2.05, 4.69) is 0 Å². The van der Waals surface area contributed by atoms with Crippen LogP contribution in [-0.2, 0) is 10.0 Å². The maximum absolute atomic E-state index is 12.8. The second-order valence-electron chi connectivity index (χ2n) is 5.54. The molecule has 0 amide bonds. The first-order chi connectivity index (χ1) is 10.2. The molecule has 0 radical (unpaired) electrons. The molecule has 1 aromatic carbocycles. The van der Waals surface area contributed by atoms with E-state index in [1.54, 1.807) is 0 Å². The summed E-state index contributed by atoms with van der Waals surface area (Å²) in [6, 6.07) is 3.42. The molecule has 1 fully saturated rings. The van der Waals surface area contributed by atoms with Crippen molar-refractivity contribution in [3.8, 4) is 0 Å². The van der Waals surface area contributed by atoms with Crippen LogP contribution in [0.25, 0.3) is 0 Å². The first-order valence-corrected chi connectivity index (χ1v) is 8.66. The first-order valence-electron chi connectivity index (χ1n) is 6.84. The molecule has 0 N–H and O–H groups in total. The van der Waals surface area contributed by atoms with Crippen molar-refractivity contribution in [2.45, 2.75) is 23.8 Å². The monoisotopic (exact) mass is 347 g/mol. The molecule has 9 heteroatoms. The Kier molecular flexibility index (Phi) is 5.06. The van der Waals surface area contributed by atoms with Crippen molar-refractivity contribution in [3.05, 3.63) is 33.3 Å². The first kappa shape index (κ1) is 17.1. The Morgan fingerprint density at radius 3 is 2.73 bits per heavy atom. The van der Waals surface area contributed by atoms with Crippen LogP contribution in [0, 0.1) is 10.1 Å². The van der Waals surface area contributed by atoms with E-state index in [1.807, 2.05) is 19.0 Å². The molecular formula is C13H18ClN3O4S. The van der Waals surface area contributed by atoms with Crippen LogP contribution in [0.2, 0.25) is 5.02 Å². The van der Waals surface area contributed by atoms with E-state index < -0.39 is 20.6 Å². The lowest BCUT2D eigenvalue weighted by Crippen LogP contribution is -2.41. The summed E-state index contributed by atoms with van der Waals surface area (Å²) >= 11 is 5.84. The summed E-state index contributed by atoms with van der Waals surface area (Å²) in [4.78, 5) is 12.0. The van der Waals surface area contributed by atoms with E-state index in [0.29, 0.717) is 13.1 Å². The Morgan fingerprint density at radius 1 is 1.45 bits per heavy atom. The van der Waals surface area contributed by atoms with Gasteiger partial charge < -0.3 is 4.90 Å². The molecule has 1 atom stereocenters. The van der Waals surface area contributed by atoms with Crippen LogP contribution < -0.4 is 0 Å². The normalized spacial score (nSPS) is 19.7. The minimum absolute atomic E-state index is 0.160. The molecule has 0 saturated carbocycles. The fraction of sp³-hybridized carbons (Fsp3) is 0.538. The van der Waals surface area contributed by atoms with Crippen molar-refractivity contribution in [1.82, 2.24) is 9.21 Å². The molecule has 122 valence electrons. The molecule has 0 aromatic heterocycles. The smallest absolute Gasteiger partial charge is 0.289 e. The van der Waals surface area contributed by atoms with Gasteiger partial charge in [-0.25, -0.2) is 8.42 Å². The average molecular weight is 348 g/mol. The topological polar surface area (TPSA) is 83.8 Å². The van der Waals surface area contributed by atoms with Crippen molar-refractivity contribution >= 4 is 27.3 Å². The molecule has 1 aliphatic heterocycles. The number of rotatable bonds is 5. The van der Waals surface area contributed by atoms with Crippen LogP contribution in [0.4, 0.5) is 5.69 Å². The molecule has 0 spiro atoms. The van der Waals surface area contributed by atoms with E-state index in [-0.39, 0.29) is 16.0 Å². The number of nitro groups is 1. The lowest BCUT2D eigenvalue weighted by Gasteiger charge is -2.26. The molecule has 1 saturated heterocycles. The Hall–Kier alpha value is -1.22. The molecule has 1 heterocycles. The highest BCUT2D eigenvalue weighted by molar-refractivity contribution is 7.89. The highest BCUT2D eigenvalue weighted by Crippen LogP contribution is 2.33. The van der Waals surface area contributed by atoms with Crippen LogP contribution in [0.5, 0.6) is 0 Å². The zero-order valence-corrected chi connectivity index (χ0v) is 14.0. The number of nitrogens with zero attached hydrogens (tertiary/aromatic N) is 3. The summed E-state index contributed by atoms with van der Waals surface area (Å²) in [6.45, 7) is 0.943.